The number of benzene rings is 2. The van der Waals surface area contributed by atoms with Crippen LogP contribution in [0.25, 0.3) is 0 Å². The number of rotatable bonds is 3. The molecule has 0 spiro atoms. The lowest BCUT2D eigenvalue weighted by Crippen LogP contribution is -2.74. The molecule has 33 heavy (non-hydrogen) atoms. The molecule has 2 fully saturated rings. The number of nitrogens with zero attached hydrogens (tertiary/aromatic N) is 1. The summed E-state index contributed by atoms with van der Waals surface area (Å²) >= 11 is 0. The number of carbonyl (C=O) groups is 3. The second-order valence-electron chi connectivity index (χ2n) is 9.24. The minimum atomic E-state index is -0.749. The molecule has 3 heterocycles. The first-order valence-corrected chi connectivity index (χ1v) is 11.4. The van der Waals surface area contributed by atoms with E-state index in [0.717, 1.165) is 24.1 Å². The van der Waals surface area contributed by atoms with E-state index in [1.54, 1.807) is 0 Å². The number of hydrogen-bond acceptors (Lipinski definition) is 5. The smallest absolute Gasteiger partial charge is 0.229 e. The minimum absolute atomic E-state index is 0.0191. The first-order chi connectivity index (χ1) is 15.9. The molecule has 5 rings (SSSR count). The molecule has 4 unspecified atom stereocenters. The molecule has 2 aromatic rings. The minimum Gasteiger partial charge on any atom is -0.340 e. The number of aryl methyl sites for hydroxylation is 2. The fourth-order valence-electron chi connectivity index (χ4n) is 5.05. The maximum Gasteiger partial charge on any atom is 0.229 e. The fourth-order valence-corrected chi connectivity index (χ4v) is 5.05. The maximum atomic E-state index is 13.2. The van der Waals surface area contributed by atoms with E-state index < -0.39 is 24.3 Å². The first kappa shape index (κ1) is 21.6. The molecule has 4 atom stereocenters. The lowest BCUT2D eigenvalue weighted by atomic mass is 9.81. The molecule has 2 aromatic carbocycles. The van der Waals surface area contributed by atoms with Crippen LogP contribution in [-0.2, 0) is 27.3 Å². The average molecular weight is 448 g/mol. The highest BCUT2D eigenvalue weighted by molar-refractivity contribution is 6.00. The molecule has 3 aliphatic rings. The lowest BCUT2D eigenvalue weighted by Gasteiger charge is -2.47. The summed E-state index contributed by atoms with van der Waals surface area (Å²) in [5, 5.41) is 12.2. The summed E-state index contributed by atoms with van der Waals surface area (Å²) in [6, 6.07) is 14.0. The number of piperidine rings is 1. The van der Waals surface area contributed by atoms with Gasteiger partial charge >= 0.3 is 0 Å². The van der Waals surface area contributed by atoms with Gasteiger partial charge in [-0.15, -0.1) is 0 Å². The summed E-state index contributed by atoms with van der Waals surface area (Å²) in [4.78, 5) is 40.9. The van der Waals surface area contributed by atoms with Gasteiger partial charge in [0.25, 0.3) is 0 Å². The molecule has 8 heteroatoms. The first-order valence-electron chi connectivity index (χ1n) is 11.4. The number of amides is 3. The van der Waals surface area contributed by atoms with Gasteiger partial charge in [-0.25, -0.2) is 0 Å². The number of hydrogen-bond donors (Lipinski definition) is 4. The van der Waals surface area contributed by atoms with Crippen LogP contribution in [0.4, 0.5) is 5.69 Å². The highest BCUT2D eigenvalue weighted by Crippen LogP contribution is 2.29. The van der Waals surface area contributed by atoms with E-state index in [2.05, 4.69) is 38.3 Å². The van der Waals surface area contributed by atoms with E-state index >= 15 is 0 Å². The summed E-state index contributed by atoms with van der Waals surface area (Å²) in [5.74, 6) is -2.20. The van der Waals surface area contributed by atoms with Crippen molar-refractivity contribution >= 4 is 23.4 Å². The Kier molecular flexibility index (Phi) is 5.64. The SMILES string of the molecule is Cc1ccc(NC(=O)C2CC(=O)NC3NC(N4CCc5ccccc5C4)NC(=O)C32)cc1C. The van der Waals surface area contributed by atoms with Gasteiger partial charge in [-0.1, -0.05) is 30.3 Å². The zero-order valence-electron chi connectivity index (χ0n) is 18.9. The van der Waals surface area contributed by atoms with Crippen molar-refractivity contribution in [1.82, 2.24) is 20.9 Å². The van der Waals surface area contributed by atoms with E-state index in [9.17, 15) is 14.4 Å². The normalized spacial score (nSPS) is 27.1. The van der Waals surface area contributed by atoms with Crippen molar-refractivity contribution in [2.24, 2.45) is 11.8 Å². The monoisotopic (exact) mass is 447 g/mol. The molecular weight excluding hydrogens is 418 g/mol. The van der Waals surface area contributed by atoms with Crippen molar-refractivity contribution in [2.75, 3.05) is 11.9 Å². The van der Waals surface area contributed by atoms with Gasteiger partial charge in [0.2, 0.25) is 17.7 Å². The molecule has 4 N–H and O–H groups in total. The predicted molar refractivity (Wildman–Crippen MR) is 124 cm³/mol. The van der Waals surface area contributed by atoms with Gasteiger partial charge in [0, 0.05) is 25.2 Å². The molecule has 3 aliphatic heterocycles. The molecule has 8 nitrogen and oxygen atoms in total. The summed E-state index contributed by atoms with van der Waals surface area (Å²) in [7, 11) is 0. The average Bonchev–Trinajstić information content (AvgIpc) is 2.80. The van der Waals surface area contributed by atoms with Crippen LogP contribution in [-0.4, -0.2) is 41.6 Å². The van der Waals surface area contributed by atoms with Crippen LogP contribution >= 0.6 is 0 Å². The molecular formula is C25H29N5O3. The summed E-state index contributed by atoms with van der Waals surface area (Å²) in [6.07, 6.45) is -0.132. The third-order valence-electron chi connectivity index (χ3n) is 7.07. The third kappa shape index (κ3) is 4.24. The summed E-state index contributed by atoms with van der Waals surface area (Å²) < 4.78 is 0. The zero-order valence-corrected chi connectivity index (χ0v) is 18.9. The van der Waals surface area contributed by atoms with Crippen molar-refractivity contribution in [3.8, 4) is 0 Å². The van der Waals surface area contributed by atoms with Gasteiger partial charge in [-0.05, 0) is 54.7 Å². The quantitative estimate of drug-likeness (QED) is 0.570. The number of nitrogens with one attached hydrogen (secondary N) is 4. The van der Waals surface area contributed by atoms with Crippen molar-refractivity contribution in [3.05, 3.63) is 64.7 Å². The van der Waals surface area contributed by atoms with Gasteiger partial charge in [-0.3, -0.25) is 24.6 Å². The largest absolute Gasteiger partial charge is 0.340 e. The molecule has 0 aromatic heterocycles. The van der Waals surface area contributed by atoms with Gasteiger partial charge in [0.05, 0.1) is 18.0 Å². The Bertz CT molecular complexity index is 1120. The summed E-state index contributed by atoms with van der Waals surface area (Å²) in [5.41, 5.74) is 5.42. The number of carbonyl (C=O) groups excluding carboxylic acids is 3. The van der Waals surface area contributed by atoms with Crippen molar-refractivity contribution < 1.29 is 14.4 Å². The van der Waals surface area contributed by atoms with Gasteiger partial charge in [0.15, 0.2) is 0 Å². The van der Waals surface area contributed by atoms with Crippen molar-refractivity contribution in [1.29, 1.82) is 0 Å². The maximum absolute atomic E-state index is 13.2. The Morgan fingerprint density at radius 1 is 1.03 bits per heavy atom. The van der Waals surface area contributed by atoms with Crippen LogP contribution in [0.2, 0.25) is 0 Å². The van der Waals surface area contributed by atoms with Gasteiger partial charge < -0.3 is 16.0 Å². The standard InChI is InChI=1S/C25H29N5O3/c1-14-7-8-18(11-15(14)2)26-23(32)19-12-20(31)27-22-21(19)24(33)29-25(28-22)30-10-9-16-5-3-4-6-17(16)13-30/h3-8,11,19,21-22,25,28H,9-10,12-13H2,1-2H3,(H,26,32)(H,27,31)(H,29,33). The Balaban J connectivity index is 1.31. The molecule has 0 saturated carbocycles. The zero-order chi connectivity index (χ0) is 23.1. The van der Waals surface area contributed by atoms with E-state index in [4.69, 9.17) is 0 Å². The Labute approximate surface area is 193 Å². The Morgan fingerprint density at radius 2 is 1.82 bits per heavy atom. The highest BCUT2D eigenvalue weighted by Gasteiger charge is 2.49. The van der Waals surface area contributed by atoms with E-state index in [1.807, 2.05) is 44.2 Å². The number of anilines is 1. The Morgan fingerprint density at radius 3 is 2.61 bits per heavy atom. The summed E-state index contributed by atoms with van der Waals surface area (Å²) in [6.45, 7) is 5.48. The molecule has 172 valence electrons. The van der Waals surface area contributed by atoms with Crippen LogP contribution < -0.4 is 21.3 Å². The van der Waals surface area contributed by atoms with Crippen LogP contribution in [0.5, 0.6) is 0 Å². The molecule has 0 bridgehead atoms. The van der Waals surface area contributed by atoms with Crippen molar-refractivity contribution in [2.45, 2.75) is 45.7 Å². The van der Waals surface area contributed by atoms with Crippen LogP contribution in [0, 0.1) is 25.7 Å². The van der Waals surface area contributed by atoms with Crippen LogP contribution in [0.3, 0.4) is 0 Å². The predicted octanol–water partition coefficient (Wildman–Crippen LogP) is 1.38. The van der Waals surface area contributed by atoms with Gasteiger partial charge in [-0.2, -0.15) is 0 Å². The van der Waals surface area contributed by atoms with E-state index in [-0.39, 0.29) is 24.1 Å². The lowest BCUT2D eigenvalue weighted by molar-refractivity contribution is -0.147. The number of fused-ring (bicyclic) bond motifs is 2. The topological polar surface area (TPSA) is 103 Å². The Hall–Kier alpha value is -3.23. The van der Waals surface area contributed by atoms with Crippen LogP contribution in [0.1, 0.15) is 28.7 Å². The van der Waals surface area contributed by atoms with E-state index in [0.29, 0.717) is 12.2 Å². The molecule has 3 amide bonds. The molecule has 0 radical (unpaired) electrons. The van der Waals surface area contributed by atoms with Crippen LogP contribution in [0.15, 0.2) is 42.5 Å². The van der Waals surface area contributed by atoms with Crippen molar-refractivity contribution in [3.63, 3.8) is 0 Å². The molecule has 0 aliphatic carbocycles. The third-order valence-corrected chi connectivity index (χ3v) is 7.07. The van der Waals surface area contributed by atoms with E-state index in [1.165, 1.54) is 11.1 Å². The fraction of sp³-hybridized carbons (Fsp3) is 0.400. The highest BCUT2D eigenvalue weighted by atomic mass is 16.2. The molecule has 2 saturated heterocycles. The second-order valence-corrected chi connectivity index (χ2v) is 9.24. The second kappa shape index (κ2) is 8.61. The van der Waals surface area contributed by atoms with Gasteiger partial charge in [0.1, 0.15) is 6.29 Å².